The predicted octanol–water partition coefficient (Wildman–Crippen LogP) is 3.44. The van der Waals surface area contributed by atoms with Gasteiger partial charge < -0.3 is 5.32 Å². The molecule has 1 saturated heterocycles. The lowest BCUT2D eigenvalue weighted by molar-refractivity contribution is 0.162. The second-order valence-corrected chi connectivity index (χ2v) is 7.04. The van der Waals surface area contributed by atoms with Crippen LogP contribution in [-0.2, 0) is 0 Å². The van der Waals surface area contributed by atoms with Gasteiger partial charge in [0.1, 0.15) is 0 Å². The standard InChI is InChI=1S/C15H26N2S/c1-12(2)4-6-14(15-7-5-13(3)18-15)17-10-8-16-9-11-17/h5,7,12,14,16H,4,6,8-11H2,1-3H3/t14-/m0/s1. The summed E-state index contributed by atoms with van der Waals surface area (Å²) >= 11 is 1.98. The molecule has 1 aromatic rings. The van der Waals surface area contributed by atoms with E-state index in [0.29, 0.717) is 6.04 Å². The van der Waals surface area contributed by atoms with Crippen LogP contribution in [-0.4, -0.2) is 31.1 Å². The van der Waals surface area contributed by atoms with Gasteiger partial charge in [-0.3, -0.25) is 4.90 Å². The quantitative estimate of drug-likeness (QED) is 0.878. The van der Waals surface area contributed by atoms with Crippen molar-refractivity contribution in [3.8, 4) is 0 Å². The van der Waals surface area contributed by atoms with Crippen LogP contribution in [0.1, 0.15) is 42.5 Å². The van der Waals surface area contributed by atoms with Crippen molar-refractivity contribution >= 4 is 11.3 Å². The first-order chi connectivity index (χ1) is 8.66. The monoisotopic (exact) mass is 266 g/mol. The van der Waals surface area contributed by atoms with E-state index in [0.717, 1.165) is 19.0 Å². The van der Waals surface area contributed by atoms with E-state index in [9.17, 15) is 0 Å². The van der Waals surface area contributed by atoms with Crippen molar-refractivity contribution in [2.45, 2.75) is 39.7 Å². The lowest BCUT2D eigenvalue weighted by atomic mass is 10.0. The zero-order valence-corrected chi connectivity index (χ0v) is 12.7. The maximum atomic E-state index is 3.45. The number of aryl methyl sites for hydroxylation is 1. The second kappa shape index (κ2) is 6.69. The lowest BCUT2D eigenvalue weighted by Gasteiger charge is -2.35. The Hall–Kier alpha value is -0.380. The number of rotatable bonds is 5. The Balaban J connectivity index is 2.06. The summed E-state index contributed by atoms with van der Waals surface area (Å²) in [6.45, 7) is 11.5. The van der Waals surface area contributed by atoms with E-state index in [2.05, 4.69) is 43.1 Å². The van der Waals surface area contributed by atoms with Crippen LogP contribution < -0.4 is 5.32 Å². The van der Waals surface area contributed by atoms with E-state index < -0.39 is 0 Å². The molecule has 2 nitrogen and oxygen atoms in total. The maximum Gasteiger partial charge on any atom is 0.0442 e. The highest BCUT2D eigenvalue weighted by atomic mass is 32.1. The summed E-state index contributed by atoms with van der Waals surface area (Å²) < 4.78 is 0. The molecule has 1 aliphatic rings. The van der Waals surface area contributed by atoms with E-state index in [1.54, 1.807) is 4.88 Å². The molecule has 2 heterocycles. The molecule has 0 aromatic carbocycles. The maximum absolute atomic E-state index is 3.45. The molecule has 0 amide bonds. The summed E-state index contributed by atoms with van der Waals surface area (Å²) in [6.07, 6.45) is 2.63. The molecular formula is C15H26N2S. The second-order valence-electron chi connectivity index (χ2n) is 5.72. The van der Waals surface area contributed by atoms with Crippen LogP contribution in [0.5, 0.6) is 0 Å². The topological polar surface area (TPSA) is 15.3 Å². The minimum Gasteiger partial charge on any atom is -0.314 e. The van der Waals surface area contributed by atoms with Crippen molar-refractivity contribution in [1.29, 1.82) is 0 Å². The summed E-state index contributed by atoms with van der Waals surface area (Å²) in [5.41, 5.74) is 0. The Morgan fingerprint density at radius 3 is 2.50 bits per heavy atom. The fourth-order valence-corrected chi connectivity index (χ4v) is 3.67. The minimum absolute atomic E-state index is 0.646. The van der Waals surface area contributed by atoms with Gasteiger partial charge in [-0.2, -0.15) is 0 Å². The van der Waals surface area contributed by atoms with Gasteiger partial charge in [-0.1, -0.05) is 13.8 Å². The third kappa shape index (κ3) is 3.81. The molecule has 102 valence electrons. The van der Waals surface area contributed by atoms with Crippen LogP contribution in [0.3, 0.4) is 0 Å². The predicted molar refractivity (Wildman–Crippen MR) is 80.3 cm³/mol. The highest BCUT2D eigenvalue weighted by molar-refractivity contribution is 7.12. The number of hydrogen-bond donors (Lipinski definition) is 1. The number of nitrogens with zero attached hydrogens (tertiary/aromatic N) is 1. The molecule has 1 atom stereocenters. The van der Waals surface area contributed by atoms with Crippen molar-refractivity contribution in [3.63, 3.8) is 0 Å². The Morgan fingerprint density at radius 2 is 1.94 bits per heavy atom. The lowest BCUT2D eigenvalue weighted by Crippen LogP contribution is -2.45. The highest BCUT2D eigenvalue weighted by Crippen LogP contribution is 2.32. The van der Waals surface area contributed by atoms with Crippen LogP contribution in [0.15, 0.2) is 12.1 Å². The molecule has 0 radical (unpaired) electrons. The molecule has 1 aliphatic heterocycles. The average molecular weight is 266 g/mol. The van der Waals surface area contributed by atoms with Crippen molar-refractivity contribution in [3.05, 3.63) is 21.9 Å². The van der Waals surface area contributed by atoms with E-state index in [1.807, 2.05) is 11.3 Å². The van der Waals surface area contributed by atoms with Crippen LogP contribution >= 0.6 is 11.3 Å². The molecule has 1 N–H and O–H groups in total. The average Bonchev–Trinajstić information content (AvgIpc) is 2.77. The van der Waals surface area contributed by atoms with Crippen molar-refractivity contribution in [2.75, 3.05) is 26.2 Å². The SMILES string of the molecule is Cc1ccc([C@H](CCC(C)C)N2CCNCC2)s1. The molecule has 0 unspecified atom stereocenters. The molecule has 0 bridgehead atoms. The zero-order valence-electron chi connectivity index (χ0n) is 11.9. The summed E-state index contributed by atoms with van der Waals surface area (Å²) in [7, 11) is 0. The van der Waals surface area contributed by atoms with Crippen molar-refractivity contribution in [2.24, 2.45) is 5.92 Å². The minimum atomic E-state index is 0.646. The van der Waals surface area contributed by atoms with Gasteiger partial charge in [0.25, 0.3) is 0 Å². The fraction of sp³-hybridized carbons (Fsp3) is 0.733. The summed E-state index contributed by atoms with van der Waals surface area (Å²) in [4.78, 5) is 5.68. The van der Waals surface area contributed by atoms with Crippen molar-refractivity contribution < 1.29 is 0 Å². The molecule has 3 heteroatoms. The molecule has 0 saturated carbocycles. The van der Waals surface area contributed by atoms with Gasteiger partial charge in [0, 0.05) is 42.0 Å². The normalized spacial score (nSPS) is 19.3. The number of thiophene rings is 1. The molecule has 1 aromatic heterocycles. The van der Waals surface area contributed by atoms with Gasteiger partial charge in [0.2, 0.25) is 0 Å². The van der Waals surface area contributed by atoms with Crippen LogP contribution in [0.25, 0.3) is 0 Å². The third-order valence-corrected chi connectivity index (χ3v) is 4.80. The highest BCUT2D eigenvalue weighted by Gasteiger charge is 2.23. The largest absolute Gasteiger partial charge is 0.314 e. The zero-order chi connectivity index (χ0) is 13.0. The van der Waals surface area contributed by atoms with Gasteiger partial charge in [-0.25, -0.2) is 0 Å². The van der Waals surface area contributed by atoms with E-state index in [1.165, 1.54) is 30.8 Å². The molecular weight excluding hydrogens is 240 g/mol. The number of nitrogens with one attached hydrogen (secondary N) is 1. The van der Waals surface area contributed by atoms with Crippen molar-refractivity contribution in [1.82, 2.24) is 10.2 Å². The van der Waals surface area contributed by atoms with Gasteiger partial charge in [-0.05, 0) is 37.8 Å². The molecule has 0 spiro atoms. The Kier molecular flexibility index (Phi) is 5.22. The van der Waals surface area contributed by atoms with Gasteiger partial charge >= 0.3 is 0 Å². The molecule has 18 heavy (non-hydrogen) atoms. The molecule has 1 fully saturated rings. The summed E-state index contributed by atoms with van der Waals surface area (Å²) in [6, 6.07) is 5.26. The van der Waals surface area contributed by atoms with E-state index in [4.69, 9.17) is 0 Å². The van der Waals surface area contributed by atoms with Gasteiger partial charge in [-0.15, -0.1) is 11.3 Å². The van der Waals surface area contributed by atoms with E-state index in [-0.39, 0.29) is 0 Å². The summed E-state index contributed by atoms with van der Waals surface area (Å²) in [5.74, 6) is 0.802. The molecule has 2 rings (SSSR count). The first-order valence-electron chi connectivity index (χ1n) is 7.18. The summed E-state index contributed by atoms with van der Waals surface area (Å²) in [5, 5.41) is 3.45. The Morgan fingerprint density at radius 1 is 1.22 bits per heavy atom. The first-order valence-corrected chi connectivity index (χ1v) is 7.99. The van der Waals surface area contributed by atoms with Gasteiger partial charge in [0.05, 0.1) is 0 Å². The fourth-order valence-electron chi connectivity index (χ4n) is 2.62. The van der Waals surface area contributed by atoms with Gasteiger partial charge in [0.15, 0.2) is 0 Å². The molecule has 0 aliphatic carbocycles. The number of hydrogen-bond acceptors (Lipinski definition) is 3. The van der Waals surface area contributed by atoms with Crippen LogP contribution in [0.2, 0.25) is 0 Å². The van der Waals surface area contributed by atoms with Crippen LogP contribution in [0, 0.1) is 12.8 Å². The number of piperazine rings is 1. The first kappa shape index (κ1) is 14.0. The van der Waals surface area contributed by atoms with E-state index >= 15 is 0 Å². The third-order valence-electron chi connectivity index (χ3n) is 3.70. The Labute approximate surface area is 115 Å². The Bertz CT molecular complexity index is 353. The smallest absolute Gasteiger partial charge is 0.0442 e. The van der Waals surface area contributed by atoms with Crippen LogP contribution in [0.4, 0.5) is 0 Å².